The van der Waals surface area contributed by atoms with Gasteiger partial charge in [0.05, 0.1) is 11.1 Å². The molecule has 8 nitrogen and oxygen atoms in total. The molecule has 0 aliphatic carbocycles. The second-order valence-electron chi connectivity index (χ2n) is 6.66. The lowest BCUT2D eigenvalue weighted by Crippen LogP contribution is -2.46. The van der Waals surface area contributed by atoms with Crippen molar-refractivity contribution in [2.45, 2.75) is 32.6 Å². The van der Waals surface area contributed by atoms with E-state index in [1.54, 1.807) is 24.3 Å². The third-order valence-electron chi connectivity index (χ3n) is 4.43. The predicted octanol–water partition coefficient (Wildman–Crippen LogP) is 3.92. The predicted molar refractivity (Wildman–Crippen MR) is 115 cm³/mol. The van der Waals surface area contributed by atoms with Crippen LogP contribution in [-0.2, 0) is 0 Å². The van der Waals surface area contributed by atoms with Crippen molar-refractivity contribution in [3.63, 3.8) is 0 Å². The van der Waals surface area contributed by atoms with E-state index in [0.717, 1.165) is 29.0 Å². The number of hydrazine groups is 1. The number of nitrogens with zero attached hydrogens (tertiary/aromatic N) is 3. The highest BCUT2D eigenvalue weighted by Crippen LogP contribution is 2.24. The molecule has 2 aromatic heterocycles. The molecule has 2 N–H and O–H groups in total. The Balaban J connectivity index is 1.80. The van der Waals surface area contributed by atoms with Crippen LogP contribution in [0.2, 0.25) is 0 Å². The molecule has 0 radical (unpaired) electrons. The van der Waals surface area contributed by atoms with Gasteiger partial charge in [-0.3, -0.25) is 15.0 Å². The number of rotatable bonds is 7. The minimum absolute atomic E-state index is 0.0434. The van der Waals surface area contributed by atoms with Crippen LogP contribution in [0.4, 0.5) is 4.79 Å². The highest BCUT2D eigenvalue weighted by Gasteiger charge is 2.18. The molecule has 0 spiro atoms. The fourth-order valence-electron chi connectivity index (χ4n) is 2.88. The Morgan fingerprint density at radius 2 is 1.87 bits per heavy atom. The van der Waals surface area contributed by atoms with Crippen LogP contribution in [0.1, 0.15) is 43.1 Å². The molecule has 2 amide bonds. The zero-order valence-electron chi connectivity index (χ0n) is 16.5. The van der Waals surface area contributed by atoms with Crippen molar-refractivity contribution in [3.8, 4) is 10.7 Å². The Hall–Kier alpha value is -3.33. The fraction of sp³-hybridized carbons (Fsp3) is 0.286. The van der Waals surface area contributed by atoms with Crippen molar-refractivity contribution in [1.29, 1.82) is 0 Å². The second-order valence-corrected chi connectivity index (χ2v) is 7.69. The Labute approximate surface area is 177 Å². The van der Waals surface area contributed by atoms with Crippen molar-refractivity contribution >= 4 is 33.4 Å². The molecule has 2 heterocycles. The van der Waals surface area contributed by atoms with E-state index in [0.29, 0.717) is 22.5 Å². The summed E-state index contributed by atoms with van der Waals surface area (Å²) in [6.07, 6.45) is 2.35. The summed E-state index contributed by atoms with van der Waals surface area (Å²) < 4.78 is 0.772. The number of carbonyl (C=O) groups is 2. The van der Waals surface area contributed by atoms with E-state index in [2.05, 4.69) is 22.3 Å². The maximum atomic E-state index is 12.6. The number of carboxylic acid groups (broad SMARTS) is 1. The summed E-state index contributed by atoms with van der Waals surface area (Å²) in [5, 5.41) is 11.1. The van der Waals surface area contributed by atoms with Crippen molar-refractivity contribution in [2.75, 3.05) is 6.54 Å². The summed E-state index contributed by atoms with van der Waals surface area (Å²) in [7, 11) is 0. The molecule has 0 bridgehead atoms. The average Bonchev–Trinajstić information content (AvgIpc) is 2.75. The lowest BCUT2D eigenvalue weighted by Gasteiger charge is -2.19. The minimum Gasteiger partial charge on any atom is -0.464 e. The Morgan fingerprint density at radius 3 is 2.63 bits per heavy atom. The van der Waals surface area contributed by atoms with Crippen LogP contribution in [-0.4, -0.2) is 38.6 Å². The molecule has 0 saturated carbocycles. The topological polar surface area (TPSA) is 112 Å². The quantitative estimate of drug-likeness (QED) is 0.437. The standard InChI is InChI=1S/C21H22N4O4S/c1-2-3-4-7-13-25(21(28)29)24-19(27)15-10-8-11-16(22-15)20-23-18(26)14-9-5-6-12-17(14)30-20/h5-6,8-12H,2-4,7,13H2,1H3,(H,24,27)(H,28,29). The number of amides is 2. The molecule has 156 valence electrons. The van der Waals surface area contributed by atoms with Crippen LogP contribution >= 0.6 is 11.3 Å². The van der Waals surface area contributed by atoms with Gasteiger partial charge in [0.25, 0.3) is 11.5 Å². The first-order valence-corrected chi connectivity index (χ1v) is 10.5. The molecular formula is C21H22N4O4S. The summed E-state index contributed by atoms with van der Waals surface area (Å²) in [5.41, 5.74) is 2.44. The smallest absolute Gasteiger partial charge is 0.426 e. The van der Waals surface area contributed by atoms with Crippen molar-refractivity contribution in [3.05, 3.63) is 58.5 Å². The molecule has 0 aliphatic rings. The number of pyridine rings is 1. The average molecular weight is 426 g/mol. The van der Waals surface area contributed by atoms with Crippen LogP contribution in [0.15, 0.2) is 47.3 Å². The Morgan fingerprint density at radius 1 is 1.07 bits per heavy atom. The molecule has 1 aromatic carbocycles. The summed E-state index contributed by atoms with van der Waals surface area (Å²) in [5.74, 6) is -0.636. The zero-order chi connectivity index (χ0) is 21.5. The molecule has 3 aromatic rings. The molecule has 0 fully saturated rings. The molecule has 0 saturated heterocycles. The van der Waals surface area contributed by atoms with Gasteiger partial charge in [0, 0.05) is 11.2 Å². The normalized spacial score (nSPS) is 10.7. The molecule has 30 heavy (non-hydrogen) atoms. The van der Waals surface area contributed by atoms with E-state index in [9.17, 15) is 19.5 Å². The number of benzene rings is 1. The van der Waals surface area contributed by atoms with Crippen LogP contribution < -0.4 is 11.0 Å². The van der Waals surface area contributed by atoms with E-state index in [1.165, 1.54) is 17.4 Å². The van der Waals surface area contributed by atoms with Gasteiger partial charge in [0.15, 0.2) is 0 Å². The number of fused-ring (bicyclic) bond motifs is 1. The van der Waals surface area contributed by atoms with Gasteiger partial charge in [-0.15, -0.1) is 11.3 Å². The van der Waals surface area contributed by atoms with E-state index < -0.39 is 12.0 Å². The maximum Gasteiger partial charge on any atom is 0.426 e. The number of unbranched alkanes of at least 4 members (excludes halogenated alkanes) is 3. The minimum atomic E-state index is -1.23. The zero-order valence-corrected chi connectivity index (χ0v) is 17.3. The van der Waals surface area contributed by atoms with Crippen molar-refractivity contribution in [1.82, 2.24) is 20.4 Å². The highest BCUT2D eigenvalue weighted by atomic mass is 32.1. The van der Waals surface area contributed by atoms with Gasteiger partial charge in [0.2, 0.25) is 0 Å². The third-order valence-corrected chi connectivity index (χ3v) is 5.50. The van der Waals surface area contributed by atoms with E-state index in [4.69, 9.17) is 0 Å². The molecule has 0 unspecified atom stereocenters. The number of carbonyl (C=O) groups excluding carboxylic acids is 1. The van der Waals surface area contributed by atoms with E-state index >= 15 is 0 Å². The first kappa shape index (κ1) is 21.4. The molecular weight excluding hydrogens is 404 g/mol. The first-order chi connectivity index (χ1) is 14.5. The second kappa shape index (κ2) is 9.93. The lowest BCUT2D eigenvalue weighted by molar-refractivity contribution is 0.0747. The Bertz CT molecular complexity index is 1120. The monoisotopic (exact) mass is 426 g/mol. The molecule has 0 atom stereocenters. The third kappa shape index (κ3) is 5.18. The van der Waals surface area contributed by atoms with Crippen LogP contribution in [0.5, 0.6) is 0 Å². The van der Waals surface area contributed by atoms with Crippen LogP contribution in [0, 0.1) is 0 Å². The fourth-order valence-corrected chi connectivity index (χ4v) is 3.84. The number of hydrogen-bond acceptors (Lipinski definition) is 6. The van der Waals surface area contributed by atoms with Gasteiger partial charge in [-0.2, -0.15) is 4.98 Å². The van der Waals surface area contributed by atoms with Crippen molar-refractivity contribution < 1.29 is 14.7 Å². The van der Waals surface area contributed by atoms with Gasteiger partial charge in [0.1, 0.15) is 10.7 Å². The summed E-state index contributed by atoms with van der Waals surface area (Å²) in [6.45, 7) is 2.27. The van der Waals surface area contributed by atoms with Gasteiger partial charge in [-0.05, 0) is 30.7 Å². The number of aromatic nitrogens is 2. The van der Waals surface area contributed by atoms with Gasteiger partial charge in [-0.1, -0.05) is 44.4 Å². The van der Waals surface area contributed by atoms with Crippen LogP contribution in [0.3, 0.4) is 0 Å². The van der Waals surface area contributed by atoms with Crippen molar-refractivity contribution in [2.24, 2.45) is 0 Å². The maximum absolute atomic E-state index is 12.6. The largest absolute Gasteiger partial charge is 0.464 e. The summed E-state index contributed by atoms with van der Waals surface area (Å²) in [6, 6.07) is 11.9. The molecule has 3 rings (SSSR count). The van der Waals surface area contributed by atoms with Gasteiger partial charge >= 0.3 is 6.09 Å². The van der Waals surface area contributed by atoms with E-state index in [-0.39, 0.29) is 17.8 Å². The number of hydrogen-bond donors (Lipinski definition) is 2. The van der Waals surface area contributed by atoms with Gasteiger partial charge < -0.3 is 5.11 Å². The SMILES string of the molecule is CCCCCCN(NC(=O)c1cccc(-c2nc(=O)c3ccccc3s2)n1)C(=O)O. The van der Waals surface area contributed by atoms with Gasteiger partial charge in [-0.25, -0.2) is 14.8 Å². The lowest BCUT2D eigenvalue weighted by atomic mass is 10.2. The van der Waals surface area contributed by atoms with Crippen LogP contribution in [0.25, 0.3) is 20.8 Å². The molecule has 9 heteroatoms. The molecule has 0 aliphatic heterocycles. The number of nitrogens with one attached hydrogen (secondary N) is 1. The summed E-state index contributed by atoms with van der Waals surface area (Å²) >= 11 is 1.30. The summed E-state index contributed by atoms with van der Waals surface area (Å²) in [4.78, 5) is 44.6. The first-order valence-electron chi connectivity index (χ1n) is 9.68. The Kier molecular flexibility index (Phi) is 7.08. The highest BCUT2D eigenvalue weighted by molar-refractivity contribution is 7.21. The van der Waals surface area contributed by atoms with E-state index in [1.807, 2.05) is 12.1 Å².